The molecule has 8 nitrogen and oxygen atoms in total. The molecular formula is C33H20Cl2F3N5O3. The molecule has 4 aromatic heterocycles. The number of hydrogen-bond acceptors (Lipinski definition) is 6. The first-order valence-corrected chi connectivity index (χ1v) is 14.6. The van der Waals surface area contributed by atoms with E-state index in [4.69, 9.17) is 32.2 Å². The number of hydrogen-bond donors (Lipinski definition) is 0. The number of nitrogens with zero attached hydrogens (tertiary/aromatic N) is 5. The van der Waals surface area contributed by atoms with Crippen molar-refractivity contribution >= 4 is 34.4 Å². The predicted octanol–water partition coefficient (Wildman–Crippen LogP) is 8.60. The highest BCUT2D eigenvalue weighted by atomic mass is 35.5. The quantitative estimate of drug-likeness (QED) is 0.170. The molecule has 7 rings (SSSR count). The predicted molar refractivity (Wildman–Crippen MR) is 167 cm³/mol. The molecule has 0 saturated heterocycles. The van der Waals surface area contributed by atoms with Crippen molar-refractivity contribution in [1.29, 1.82) is 0 Å². The third-order valence-electron chi connectivity index (χ3n) is 7.36. The molecule has 0 radical (unpaired) electrons. The SMILES string of the molecule is O=c1n(Cc2cc(-c3ccc(Cl)cc3)no2)c2nc(-c3ccccc3)cc(C(F)(F)F)c2n1Cc1cc(-c2ccc(Cl)cc2)no1. The normalized spacial score (nSPS) is 11.8. The molecule has 0 bridgehead atoms. The van der Waals surface area contributed by atoms with Crippen LogP contribution in [-0.4, -0.2) is 24.4 Å². The molecule has 0 unspecified atom stereocenters. The fourth-order valence-corrected chi connectivity index (χ4v) is 5.43. The summed E-state index contributed by atoms with van der Waals surface area (Å²) in [5, 5.41) is 9.20. The summed E-state index contributed by atoms with van der Waals surface area (Å²) in [6.45, 7) is -0.581. The van der Waals surface area contributed by atoms with E-state index >= 15 is 0 Å². The van der Waals surface area contributed by atoms with E-state index in [9.17, 15) is 18.0 Å². The first-order valence-electron chi connectivity index (χ1n) is 13.8. The zero-order chi connectivity index (χ0) is 32.0. The summed E-state index contributed by atoms with van der Waals surface area (Å²) in [5.74, 6) is 0.396. The third-order valence-corrected chi connectivity index (χ3v) is 7.87. The molecule has 0 amide bonds. The number of alkyl halides is 3. The van der Waals surface area contributed by atoms with E-state index in [1.807, 2.05) is 0 Å². The second-order valence-corrected chi connectivity index (χ2v) is 11.3. The molecule has 46 heavy (non-hydrogen) atoms. The Hall–Kier alpha value is -5.13. The van der Waals surface area contributed by atoms with Crippen LogP contribution < -0.4 is 5.69 Å². The Labute approximate surface area is 268 Å². The maximum absolute atomic E-state index is 14.7. The maximum atomic E-state index is 14.7. The van der Waals surface area contributed by atoms with Crippen LogP contribution in [0, 0.1) is 0 Å². The van der Waals surface area contributed by atoms with Crippen molar-refractivity contribution in [3.8, 4) is 33.8 Å². The Balaban J connectivity index is 1.37. The molecule has 0 N–H and O–H groups in total. The second-order valence-electron chi connectivity index (χ2n) is 10.4. The van der Waals surface area contributed by atoms with Crippen LogP contribution in [0.15, 0.2) is 111 Å². The molecule has 0 fully saturated rings. The highest BCUT2D eigenvalue weighted by Gasteiger charge is 2.37. The van der Waals surface area contributed by atoms with Crippen LogP contribution in [0.4, 0.5) is 13.2 Å². The first kappa shape index (κ1) is 29.6. The lowest BCUT2D eigenvalue weighted by Crippen LogP contribution is -2.25. The smallest absolute Gasteiger partial charge is 0.359 e. The Morgan fingerprint density at radius 2 is 1.15 bits per heavy atom. The van der Waals surface area contributed by atoms with Gasteiger partial charge in [-0.15, -0.1) is 0 Å². The molecule has 3 aromatic carbocycles. The average Bonchev–Trinajstić information content (AvgIpc) is 3.78. The number of pyridine rings is 1. The molecule has 7 aromatic rings. The zero-order valence-electron chi connectivity index (χ0n) is 23.5. The average molecular weight is 662 g/mol. The van der Waals surface area contributed by atoms with E-state index in [2.05, 4.69) is 15.3 Å². The van der Waals surface area contributed by atoms with Gasteiger partial charge >= 0.3 is 11.9 Å². The number of halogens is 5. The lowest BCUT2D eigenvalue weighted by molar-refractivity contribution is -0.136. The molecule has 0 aliphatic heterocycles. The molecule has 4 heterocycles. The van der Waals surface area contributed by atoms with Crippen LogP contribution in [0.3, 0.4) is 0 Å². The van der Waals surface area contributed by atoms with E-state index < -0.39 is 22.9 Å². The van der Waals surface area contributed by atoms with Crippen LogP contribution >= 0.6 is 23.2 Å². The standard InChI is InChI=1S/C33H20Cl2F3N5O3/c34-22-10-6-20(7-11-22)28-14-24(45-40-28)17-42-30-26(33(36,37)38)16-27(19-4-2-1-3-5-19)39-31(30)43(32(42)44)18-25-15-29(41-46-25)21-8-12-23(35)13-9-21/h1-16H,17-18H2. The van der Waals surface area contributed by atoms with Gasteiger partial charge in [-0.25, -0.2) is 9.78 Å². The minimum absolute atomic E-state index is 0.0513. The van der Waals surface area contributed by atoms with Crippen molar-refractivity contribution in [2.75, 3.05) is 0 Å². The fourth-order valence-electron chi connectivity index (χ4n) is 5.17. The van der Waals surface area contributed by atoms with Crippen LogP contribution in [0.25, 0.3) is 44.9 Å². The summed E-state index contributed by atoms with van der Waals surface area (Å²) in [5.41, 5.74) is 0.426. The molecule has 230 valence electrons. The second kappa shape index (κ2) is 11.7. The molecule has 0 aliphatic rings. The Morgan fingerprint density at radius 3 is 1.67 bits per heavy atom. The molecule has 0 saturated carbocycles. The van der Waals surface area contributed by atoms with Crippen molar-refractivity contribution in [2.45, 2.75) is 19.3 Å². The van der Waals surface area contributed by atoms with Gasteiger partial charge < -0.3 is 9.05 Å². The third kappa shape index (κ3) is 5.70. The highest BCUT2D eigenvalue weighted by molar-refractivity contribution is 6.30. The molecule has 0 aliphatic carbocycles. The van der Waals surface area contributed by atoms with Crippen molar-refractivity contribution in [2.24, 2.45) is 0 Å². The van der Waals surface area contributed by atoms with Gasteiger partial charge in [-0.2, -0.15) is 13.2 Å². The summed E-state index contributed by atoms with van der Waals surface area (Å²) in [4.78, 5) is 18.6. The van der Waals surface area contributed by atoms with Crippen LogP contribution in [0.2, 0.25) is 10.0 Å². The monoisotopic (exact) mass is 661 g/mol. The summed E-state index contributed by atoms with van der Waals surface area (Å²) in [6.07, 6.45) is -4.82. The number of rotatable bonds is 7. The van der Waals surface area contributed by atoms with E-state index in [1.54, 1.807) is 91.0 Å². The summed E-state index contributed by atoms with van der Waals surface area (Å²) in [6, 6.07) is 26.3. The van der Waals surface area contributed by atoms with Gasteiger partial charge in [-0.1, -0.05) is 88.1 Å². The minimum Gasteiger partial charge on any atom is -0.359 e. The minimum atomic E-state index is -4.82. The van der Waals surface area contributed by atoms with Gasteiger partial charge in [-0.3, -0.25) is 9.13 Å². The lowest BCUT2D eigenvalue weighted by atomic mass is 10.1. The molecule has 0 spiro atoms. The maximum Gasteiger partial charge on any atom is 0.418 e. The molecule has 0 atom stereocenters. The number of benzene rings is 3. The molecule has 13 heteroatoms. The Bertz CT molecular complexity index is 2240. The Morgan fingerprint density at radius 1 is 0.652 bits per heavy atom. The fraction of sp³-hybridized carbons (Fsp3) is 0.0909. The summed E-state index contributed by atoms with van der Waals surface area (Å²) < 4.78 is 57.3. The van der Waals surface area contributed by atoms with Crippen molar-refractivity contribution in [3.63, 3.8) is 0 Å². The summed E-state index contributed by atoms with van der Waals surface area (Å²) in [7, 11) is 0. The van der Waals surface area contributed by atoms with Crippen LogP contribution in [0.5, 0.6) is 0 Å². The van der Waals surface area contributed by atoms with E-state index in [-0.39, 0.29) is 36.0 Å². The van der Waals surface area contributed by atoms with Gasteiger partial charge in [0.25, 0.3) is 0 Å². The van der Waals surface area contributed by atoms with Crippen LogP contribution in [0.1, 0.15) is 17.1 Å². The van der Waals surface area contributed by atoms with Gasteiger partial charge in [0.2, 0.25) is 0 Å². The van der Waals surface area contributed by atoms with Gasteiger partial charge in [0.05, 0.1) is 24.3 Å². The van der Waals surface area contributed by atoms with Crippen molar-refractivity contribution < 1.29 is 22.2 Å². The first-order chi connectivity index (χ1) is 22.1. The summed E-state index contributed by atoms with van der Waals surface area (Å²) >= 11 is 12.0. The number of aromatic nitrogens is 5. The van der Waals surface area contributed by atoms with Crippen molar-refractivity contribution in [1.82, 2.24) is 24.4 Å². The van der Waals surface area contributed by atoms with E-state index in [0.717, 1.165) is 15.2 Å². The van der Waals surface area contributed by atoms with Crippen LogP contribution in [-0.2, 0) is 19.3 Å². The number of imidazole rings is 1. The topological polar surface area (TPSA) is 91.9 Å². The highest BCUT2D eigenvalue weighted by Crippen LogP contribution is 2.37. The van der Waals surface area contributed by atoms with Gasteiger partial charge in [0, 0.05) is 38.9 Å². The van der Waals surface area contributed by atoms with Crippen molar-refractivity contribution in [3.05, 3.63) is 135 Å². The van der Waals surface area contributed by atoms with E-state index in [1.165, 1.54) is 0 Å². The van der Waals surface area contributed by atoms with Gasteiger partial charge in [0.15, 0.2) is 17.2 Å². The lowest BCUT2D eigenvalue weighted by Gasteiger charge is -2.12. The van der Waals surface area contributed by atoms with E-state index in [0.29, 0.717) is 38.1 Å². The Kier molecular flexibility index (Phi) is 7.50. The van der Waals surface area contributed by atoms with Gasteiger partial charge in [-0.05, 0) is 30.3 Å². The largest absolute Gasteiger partial charge is 0.418 e. The van der Waals surface area contributed by atoms with Gasteiger partial charge in [0.1, 0.15) is 16.9 Å². The molecular weight excluding hydrogens is 642 g/mol. The zero-order valence-corrected chi connectivity index (χ0v) is 25.0. The number of fused-ring (bicyclic) bond motifs is 1.